The van der Waals surface area contributed by atoms with Crippen LogP contribution < -0.4 is 5.48 Å². The van der Waals surface area contributed by atoms with Gasteiger partial charge in [-0.25, -0.2) is 5.48 Å². The second-order valence-corrected chi connectivity index (χ2v) is 6.51. The van der Waals surface area contributed by atoms with Gasteiger partial charge in [-0.15, -0.1) is 0 Å². The number of rotatable bonds is 5. The highest BCUT2D eigenvalue weighted by molar-refractivity contribution is 14.1. The summed E-state index contributed by atoms with van der Waals surface area (Å²) in [5.41, 5.74) is 3.02. The zero-order valence-corrected chi connectivity index (χ0v) is 15.4. The van der Waals surface area contributed by atoms with Crippen molar-refractivity contribution >= 4 is 73.7 Å². The van der Waals surface area contributed by atoms with Gasteiger partial charge in [0.2, 0.25) is 0 Å². The largest absolute Gasteiger partial charge is 0.382 e. The van der Waals surface area contributed by atoms with Crippen molar-refractivity contribution in [3.05, 3.63) is 28.4 Å². The topological polar surface area (TPSA) is 47.6 Å². The number of carbonyl (C=O) groups is 1. The van der Waals surface area contributed by atoms with Gasteiger partial charge in [-0.05, 0) is 79.9 Å². The first-order valence-corrected chi connectivity index (χ1v) is 7.85. The fraction of sp³-hybridized carbons (Fsp3) is 0.300. The lowest BCUT2D eigenvalue weighted by molar-refractivity contribution is 0.00882. The molecule has 1 rings (SSSR count). The number of nitrogens with one attached hydrogen (secondary N) is 1. The lowest BCUT2D eigenvalue weighted by Crippen LogP contribution is -2.26. The number of halogens is 3. The normalized spacial score (nSPS) is 10.4. The molecule has 0 aromatic heterocycles. The molecule has 94 valence electrons. The minimum atomic E-state index is -0.234. The molecule has 0 aliphatic rings. The molecule has 0 saturated heterocycles. The van der Waals surface area contributed by atoms with Crippen LogP contribution in [0.3, 0.4) is 0 Å². The number of hydrogen-bond acceptors (Lipinski definition) is 3. The molecule has 0 saturated carbocycles. The van der Waals surface area contributed by atoms with Crippen LogP contribution in [-0.4, -0.2) is 26.2 Å². The fourth-order valence-electron chi connectivity index (χ4n) is 1.02. The molecule has 0 aliphatic heterocycles. The van der Waals surface area contributed by atoms with E-state index >= 15 is 0 Å². The van der Waals surface area contributed by atoms with Crippen LogP contribution in [0.4, 0.5) is 0 Å². The Balaban J connectivity index is 2.69. The van der Waals surface area contributed by atoms with Gasteiger partial charge in [0.05, 0.1) is 18.8 Å². The maximum absolute atomic E-state index is 11.8. The molecule has 1 amide bonds. The molecular formula is C10H10I3NO3. The Morgan fingerprint density at radius 3 is 2.65 bits per heavy atom. The Kier molecular flexibility index (Phi) is 7.52. The third-order valence-electron chi connectivity index (χ3n) is 1.79. The molecule has 0 fully saturated rings. The summed E-state index contributed by atoms with van der Waals surface area (Å²) in [6.45, 7) is 0.779. The molecule has 0 unspecified atom stereocenters. The van der Waals surface area contributed by atoms with E-state index in [-0.39, 0.29) is 5.91 Å². The molecule has 0 aliphatic carbocycles. The van der Waals surface area contributed by atoms with Gasteiger partial charge >= 0.3 is 0 Å². The molecule has 1 aromatic carbocycles. The molecule has 1 aromatic rings. The van der Waals surface area contributed by atoms with E-state index in [1.54, 1.807) is 7.11 Å². The summed E-state index contributed by atoms with van der Waals surface area (Å²) in [5.74, 6) is -0.234. The van der Waals surface area contributed by atoms with Gasteiger partial charge in [0.25, 0.3) is 5.91 Å². The van der Waals surface area contributed by atoms with E-state index in [4.69, 9.17) is 9.57 Å². The monoisotopic (exact) mass is 573 g/mol. The van der Waals surface area contributed by atoms with E-state index < -0.39 is 0 Å². The van der Waals surface area contributed by atoms with Gasteiger partial charge < -0.3 is 4.74 Å². The lowest BCUT2D eigenvalue weighted by atomic mass is 10.2. The Bertz CT molecular complexity index is 412. The van der Waals surface area contributed by atoms with Gasteiger partial charge in [0, 0.05) is 17.8 Å². The molecule has 0 atom stereocenters. The first-order valence-electron chi connectivity index (χ1n) is 4.62. The quantitative estimate of drug-likeness (QED) is 0.256. The third kappa shape index (κ3) is 5.12. The van der Waals surface area contributed by atoms with Crippen molar-refractivity contribution in [1.29, 1.82) is 0 Å². The van der Waals surface area contributed by atoms with E-state index in [2.05, 4.69) is 73.3 Å². The predicted octanol–water partition coefficient (Wildman–Crippen LogP) is 2.81. The highest BCUT2D eigenvalue weighted by Crippen LogP contribution is 2.22. The Labute approximate surface area is 141 Å². The minimum absolute atomic E-state index is 0.234. The van der Waals surface area contributed by atoms with E-state index in [1.807, 2.05) is 12.1 Å². The summed E-state index contributed by atoms with van der Waals surface area (Å²) < 4.78 is 7.81. The SMILES string of the molecule is COCCONC(=O)c1cc(I)cc(I)c1I. The third-order valence-corrected chi connectivity index (χ3v) is 5.46. The summed E-state index contributed by atoms with van der Waals surface area (Å²) in [5, 5.41) is 0. The van der Waals surface area contributed by atoms with Crippen molar-refractivity contribution in [3.63, 3.8) is 0 Å². The Morgan fingerprint density at radius 2 is 2.00 bits per heavy atom. The average Bonchev–Trinajstić information content (AvgIpc) is 2.29. The molecule has 7 heteroatoms. The van der Waals surface area contributed by atoms with Crippen molar-refractivity contribution in [2.75, 3.05) is 20.3 Å². The van der Waals surface area contributed by atoms with Gasteiger partial charge in [-0.3, -0.25) is 9.63 Å². The summed E-state index contributed by atoms with van der Waals surface area (Å²) in [6.07, 6.45) is 0. The smallest absolute Gasteiger partial charge is 0.275 e. The molecule has 17 heavy (non-hydrogen) atoms. The van der Waals surface area contributed by atoms with E-state index in [0.717, 1.165) is 10.7 Å². The van der Waals surface area contributed by atoms with Crippen LogP contribution in [0.2, 0.25) is 0 Å². The number of methoxy groups -OCH3 is 1. The first-order chi connectivity index (χ1) is 8.06. The van der Waals surface area contributed by atoms with Gasteiger partial charge in [0.15, 0.2) is 0 Å². The molecule has 0 bridgehead atoms. The summed E-state index contributed by atoms with van der Waals surface area (Å²) in [6, 6.07) is 3.85. The van der Waals surface area contributed by atoms with Crippen molar-refractivity contribution in [1.82, 2.24) is 5.48 Å². The van der Waals surface area contributed by atoms with Crippen LogP contribution in [0.25, 0.3) is 0 Å². The lowest BCUT2D eigenvalue weighted by Gasteiger charge is -2.08. The Morgan fingerprint density at radius 1 is 1.29 bits per heavy atom. The van der Waals surface area contributed by atoms with Crippen molar-refractivity contribution in [2.45, 2.75) is 0 Å². The van der Waals surface area contributed by atoms with Crippen LogP contribution >= 0.6 is 67.8 Å². The molecule has 0 radical (unpaired) electrons. The number of carbonyl (C=O) groups excluding carboxylic acids is 1. The van der Waals surface area contributed by atoms with E-state index in [9.17, 15) is 4.79 Å². The van der Waals surface area contributed by atoms with Crippen LogP contribution in [0, 0.1) is 10.7 Å². The number of benzene rings is 1. The maximum Gasteiger partial charge on any atom is 0.275 e. The highest BCUT2D eigenvalue weighted by atomic mass is 127. The predicted molar refractivity (Wildman–Crippen MR) is 89.9 cm³/mol. The number of amides is 1. The van der Waals surface area contributed by atoms with Crippen molar-refractivity contribution < 1.29 is 14.4 Å². The molecule has 0 spiro atoms. The molecule has 1 N–H and O–H groups in total. The van der Waals surface area contributed by atoms with Crippen molar-refractivity contribution in [2.24, 2.45) is 0 Å². The fourth-order valence-corrected chi connectivity index (χ4v) is 3.42. The van der Waals surface area contributed by atoms with Gasteiger partial charge in [-0.2, -0.15) is 0 Å². The number of ether oxygens (including phenoxy) is 1. The van der Waals surface area contributed by atoms with Gasteiger partial charge in [-0.1, -0.05) is 0 Å². The van der Waals surface area contributed by atoms with Crippen LogP contribution in [0.5, 0.6) is 0 Å². The van der Waals surface area contributed by atoms with Gasteiger partial charge in [0.1, 0.15) is 0 Å². The zero-order chi connectivity index (χ0) is 12.8. The standard InChI is InChI=1S/C10H10I3NO3/c1-16-2-3-17-14-10(15)7-4-6(11)5-8(12)9(7)13/h4-5H,2-3H2,1H3,(H,14,15). The van der Waals surface area contributed by atoms with Crippen molar-refractivity contribution in [3.8, 4) is 0 Å². The summed E-state index contributed by atoms with van der Waals surface area (Å²) in [4.78, 5) is 16.8. The average molecular weight is 573 g/mol. The van der Waals surface area contributed by atoms with Crippen LogP contribution in [0.15, 0.2) is 12.1 Å². The number of hydroxylamine groups is 1. The summed E-state index contributed by atoms with van der Waals surface area (Å²) >= 11 is 6.54. The second kappa shape index (κ2) is 8.07. The highest BCUT2D eigenvalue weighted by Gasteiger charge is 2.13. The molecule has 4 nitrogen and oxygen atoms in total. The first kappa shape index (κ1) is 15.9. The molecular weight excluding hydrogens is 563 g/mol. The molecule has 0 heterocycles. The Hall–Kier alpha value is 0.800. The van der Waals surface area contributed by atoms with Crippen LogP contribution in [-0.2, 0) is 9.57 Å². The second-order valence-electron chi connectivity index (χ2n) is 3.02. The van der Waals surface area contributed by atoms with E-state index in [0.29, 0.717) is 18.8 Å². The van der Waals surface area contributed by atoms with Crippen LogP contribution in [0.1, 0.15) is 10.4 Å². The summed E-state index contributed by atoms with van der Waals surface area (Å²) in [7, 11) is 1.58. The van der Waals surface area contributed by atoms with E-state index in [1.165, 1.54) is 0 Å². The number of hydrogen-bond donors (Lipinski definition) is 1. The maximum atomic E-state index is 11.8. The zero-order valence-electron chi connectivity index (χ0n) is 8.93. The minimum Gasteiger partial charge on any atom is -0.382 e.